The molecule has 5 nitrogen and oxygen atoms in total. The standard InChI is InChI=1S/C19H18Cl2N2O3S/c1-3-23(12-13-5-4-6-14(9-13)26-2)27(24,25)15-7-8-16-17(10-15)19(21)22-11-18(16)20/h4-11H,3,12H2,1-2H3. The Balaban J connectivity index is 2.00. The van der Waals surface area contributed by atoms with Gasteiger partial charge in [-0.05, 0) is 29.8 Å². The number of ether oxygens (including phenoxy) is 1. The van der Waals surface area contributed by atoms with Crippen LogP contribution in [0.1, 0.15) is 12.5 Å². The second-order valence-corrected chi connectivity index (χ2v) is 8.59. The highest BCUT2D eigenvalue weighted by atomic mass is 35.5. The summed E-state index contributed by atoms with van der Waals surface area (Å²) in [4.78, 5) is 4.14. The maximum atomic E-state index is 13.2. The van der Waals surface area contributed by atoms with Gasteiger partial charge in [0.25, 0.3) is 0 Å². The van der Waals surface area contributed by atoms with Gasteiger partial charge in [-0.2, -0.15) is 4.31 Å². The summed E-state index contributed by atoms with van der Waals surface area (Å²) in [6, 6.07) is 12.0. The molecule has 0 aliphatic heterocycles. The number of sulfonamides is 1. The molecule has 8 heteroatoms. The van der Waals surface area contributed by atoms with Crippen LogP contribution in [0.4, 0.5) is 0 Å². The van der Waals surface area contributed by atoms with E-state index in [2.05, 4.69) is 4.98 Å². The summed E-state index contributed by atoms with van der Waals surface area (Å²) in [7, 11) is -2.15. The maximum Gasteiger partial charge on any atom is 0.243 e. The fourth-order valence-electron chi connectivity index (χ4n) is 2.81. The molecule has 0 saturated heterocycles. The van der Waals surface area contributed by atoms with Gasteiger partial charge in [0.2, 0.25) is 10.0 Å². The Hall–Kier alpha value is -1.86. The van der Waals surface area contributed by atoms with E-state index in [9.17, 15) is 8.42 Å². The van der Waals surface area contributed by atoms with Gasteiger partial charge in [0.15, 0.2) is 0 Å². The minimum atomic E-state index is -3.73. The lowest BCUT2D eigenvalue weighted by Crippen LogP contribution is -2.30. The molecular weight excluding hydrogens is 407 g/mol. The number of aromatic nitrogens is 1. The molecule has 3 aromatic rings. The molecule has 0 fully saturated rings. The van der Waals surface area contributed by atoms with Gasteiger partial charge >= 0.3 is 0 Å². The van der Waals surface area contributed by atoms with Crippen LogP contribution in [0.3, 0.4) is 0 Å². The molecule has 0 radical (unpaired) electrons. The van der Waals surface area contributed by atoms with Crippen molar-refractivity contribution in [3.05, 3.63) is 64.4 Å². The van der Waals surface area contributed by atoms with Crippen molar-refractivity contribution in [1.82, 2.24) is 9.29 Å². The maximum absolute atomic E-state index is 13.2. The molecule has 1 heterocycles. The van der Waals surface area contributed by atoms with Gasteiger partial charge in [-0.25, -0.2) is 13.4 Å². The zero-order chi connectivity index (χ0) is 19.6. The van der Waals surface area contributed by atoms with Crippen LogP contribution >= 0.6 is 23.2 Å². The smallest absolute Gasteiger partial charge is 0.243 e. The van der Waals surface area contributed by atoms with Crippen molar-refractivity contribution in [1.29, 1.82) is 0 Å². The molecule has 142 valence electrons. The molecule has 0 saturated carbocycles. The minimum absolute atomic E-state index is 0.144. The van der Waals surface area contributed by atoms with Gasteiger partial charge < -0.3 is 4.74 Å². The van der Waals surface area contributed by atoms with Crippen LogP contribution in [-0.4, -0.2) is 31.4 Å². The Labute approximate surface area is 168 Å². The normalized spacial score (nSPS) is 11.9. The van der Waals surface area contributed by atoms with Crippen LogP contribution < -0.4 is 4.74 Å². The minimum Gasteiger partial charge on any atom is -0.497 e. The topological polar surface area (TPSA) is 59.5 Å². The molecule has 1 aromatic heterocycles. The predicted molar refractivity (Wildman–Crippen MR) is 108 cm³/mol. The molecular formula is C19H18Cl2N2O3S. The molecule has 0 bridgehead atoms. The van der Waals surface area contributed by atoms with Crippen molar-refractivity contribution in [3.8, 4) is 5.75 Å². The van der Waals surface area contributed by atoms with Gasteiger partial charge in [0, 0.05) is 30.1 Å². The number of rotatable bonds is 6. The fourth-order valence-corrected chi connectivity index (χ4v) is 4.69. The number of fused-ring (bicyclic) bond motifs is 1. The molecule has 0 spiro atoms. The summed E-state index contributed by atoms with van der Waals surface area (Å²) >= 11 is 12.3. The summed E-state index contributed by atoms with van der Waals surface area (Å²) in [5, 5.41) is 1.79. The Kier molecular flexibility index (Phi) is 5.91. The summed E-state index contributed by atoms with van der Waals surface area (Å²) in [6.07, 6.45) is 1.45. The third-order valence-electron chi connectivity index (χ3n) is 4.25. The first-order valence-electron chi connectivity index (χ1n) is 8.23. The van der Waals surface area contributed by atoms with E-state index in [-0.39, 0.29) is 16.6 Å². The van der Waals surface area contributed by atoms with Crippen molar-refractivity contribution < 1.29 is 13.2 Å². The summed E-state index contributed by atoms with van der Waals surface area (Å²) in [5.41, 5.74) is 0.836. The third-order valence-corrected chi connectivity index (χ3v) is 6.76. The lowest BCUT2D eigenvalue weighted by molar-refractivity contribution is 0.407. The molecule has 2 aromatic carbocycles. The van der Waals surface area contributed by atoms with Crippen molar-refractivity contribution >= 4 is 44.0 Å². The van der Waals surface area contributed by atoms with E-state index < -0.39 is 10.0 Å². The second-order valence-electron chi connectivity index (χ2n) is 5.89. The van der Waals surface area contributed by atoms with Gasteiger partial charge in [0.05, 0.1) is 17.0 Å². The van der Waals surface area contributed by atoms with Gasteiger partial charge in [-0.15, -0.1) is 0 Å². The average molecular weight is 425 g/mol. The van der Waals surface area contributed by atoms with Crippen LogP contribution in [0.25, 0.3) is 10.8 Å². The van der Waals surface area contributed by atoms with Gasteiger partial charge in [-0.3, -0.25) is 0 Å². The van der Waals surface area contributed by atoms with E-state index in [1.54, 1.807) is 20.1 Å². The number of halogens is 2. The SMILES string of the molecule is CCN(Cc1cccc(OC)c1)S(=O)(=O)c1ccc2c(Cl)cnc(Cl)c2c1. The van der Waals surface area contributed by atoms with E-state index in [4.69, 9.17) is 27.9 Å². The first-order chi connectivity index (χ1) is 12.9. The van der Waals surface area contributed by atoms with Crippen molar-refractivity contribution in [2.45, 2.75) is 18.4 Å². The number of methoxy groups -OCH3 is 1. The van der Waals surface area contributed by atoms with E-state index in [0.717, 1.165) is 5.56 Å². The first kappa shape index (κ1) is 19.9. The summed E-state index contributed by atoms with van der Waals surface area (Å²) in [6.45, 7) is 2.35. The average Bonchev–Trinajstić information content (AvgIpc) is 2.68. The fraction of sp³-hybridized carbons (Fsp3) is 0.211. The van der Waals surface area contributed by atoms with E-state index in [1.165, 1.54) is 22.6 Å². The highest BCUT2D eigenvalue weighted by molar-refractivity contribution is 7.89. The number of nitrogens with zero attached hydrogens (tertiary/aromatic N) is 2. The highest BCUT2D eigenvalue weighted by Gasteiger charge is 2.24. The summed E-state index contributed by atoms with van der Waals surface area (Å²) in [5.74, 6) is 0.680. The largest absolute Gasteiger partial charge is 0.497 e. The quantitative estimate of drug-likeness (QED) is 0.535. The Bertz CT molecular complexity index is 1090. The van der Waals surface area contributed by atoms with Crippen LogP contribution in [0.2, 0.25) is 10.2 Å². The number of hydrogen-bond donors (Lipinski definition) is 0. The molecule has 0 N–H and O–H groups in total. The first-order valence-corrected chi connectivity index (χ1v) is 10.4. The Morgan fingerprint density at radius 3 is 2.59 bits per heavy atom. The molecule has 0 atom stereocenters. The molecule has 0 unspecified atom stereocenters. The zero-order valence-corrected chi connectivity index (χ0v) is 17.1. The van der Waals surface area contributed by atoms with E-state index >= 15 is 0 Å². The lowest BCUT2D eigenvalue weighted by Gasteiger charge is -2.21. The van der Waals surface area contributed by atoms with Gasteiger partial charge in [-0.1, -0.05) is 48.3 Å². The van der Waals surface area contributed by atoms with Crippen LogP contribution in [0.5, 0.6) is 5.75 Å². The van der Waals surface area contributed by atoms with Crippen molar-refractivity contribution in [2.24, 2.45) is 0 Å². The summed E-state index contributed by atoms with van der Waals surface area (Å²) < 4.78 is 32.9. The Morgan fingerprint density at radius 2 is 1.89 bits per heavy atom. The molecule has 0 aliphatic carbocycles. The lowest BCUT2D eigenvalue weighted by atomic mass is 10.2. The number of hydrogen-bond acceptors (Lipinski definition) is 4. The molecule has 0 amide bonds. The van der Waals surface area contributed by atoms with Crippen molar-refractivity contribution in [2.75, 3.05) is 13.7 Å². The van der Waals surface area contributed by atoms with Crippen LogP contribution in [0, 0.1) is 0 Å². The van der Waals surface area contributed by atoms with Crippen LogP contribution in [-0.2, 0) is 16.6 Å². The van der Waals surface area contributed by atoms with E-state index in [1.807, 2.05) is 24.3 Å². The molecule has 0 aliphatic rings. The molecule has 3 rings (SSSR count). The number of pyridine rings is 1. The monoisotopic (exact) mass is 424 g/mol. The Morgan fingerprint density at radius 1 is 1.11 bits per heavy atom. The number of benzene rings is 2. The van der Waals surface area contributed by atoms with E-state index in [0.29, 0.717) is 28.1 Å². The zero-order valence-electron chi connectivity index (χ0n) is 14.8. The second kappa shape index (κ2) is 8.02. The third kappa shape index (κ3) is 4.04. The van der Waals surface area contributed by atoms with Crippen LogP contribution in [0.15, 0.2) is 53.6 Å². The predicted octanol–water partition coefficient (Wildman–Crippen LogP) is 4.76. The van der Waals surface area contributed by atoms with Gasteiger partial charge in [0.1, 0.15) is 10.9 Å². The molecule has 27 heavy (non-hydrogen) atoms. The van der Waals surface area contributed by atoms with Crippen molar-refractivity contribution in [3.63, 3.8) is 0 Å². The highest BCUT2D eigenvalue weighted by Crippen LogP contribution is 2.31.